The normalized spacial score (nSPS) is 13.5. The van der Waals surface area contributed by atoms with Crippen LogP contribution in [0.4, 0.5) is 5.82 Å². The van der Waals surface area contributed by atoms with E-state index in [0.29, 0.717) is 31.3 Å². The van der Waals surface area contributed by atoms with Crippen molar-refractivity contribution in [2.75, 3.05) is 38.3 Å². The fourth-order valence-electron chi connectivity index (χ4n) is 3.04. The van der Waals surface area contributed by atoms with Crippen LogP contribution >= 0.6 is 0 Å². The Bertz CT molecular complexity index is 758. The molecule has 1 amide bonds. The van der Waals surface area contributed by atoms with Crippen molar-refractivity contribution in [3.8, 4) is 11.6 Å². The van der Waals surface area contributed by atoms with Crippen LogP contribution in [0.3, 0.4) is 0 Å². The molecule has 3 rings (SSSR count). The summed E-state index contributed by atoms with van der Waals surface area (Å²) in [6.07, 6.45) is 2.72. The van der Waals surface area contributed by atoms with E-state index in [1.165, 1.54) is 12.8 Å². The topological polar surface area (TPSA) is 76.6 Å². The number of carbonyl (C=O) groups excluding carboxylic acids is 1. The molecule has 0 saturated carbocycles. The summed E-state index contributed by atoms with van der Waals surface area (Å²) in [6, 6.07) is 9.34. The van der Waals surface area contributed by atoms with E-state index in [-0.39, 0.29) is 5.91 Å². The van der Waals surface area contributed by atoms with Crippen molar-refractivity contribution in [3.63, 3.8) is 0 Å². The molecule has 7 nitrogen and oxygen atoms in total. The van der Waals surface area contributed by atoms with Crippen LogP contribution in [-0.2, 0) is 11.2 Å². The molecule has 0 spiro atoms. The van der Waals surface area contributed by atoms with Crippen molar-refractivity contribution >= 4 is 11.7 Å². The molecule has 1 N–H and O–H groups in total. The summed E-state index contributed by atoms with van der Waals surface area (Å²) >= 11 is 0. The van der Waals surface area contributed by atoms with E-state index in [0.717, 1.165) is 30.2 Å². The van der Waals surface area contributed by atoms with Gasteiger partial charge in [-0.25, -0.2) is 4.98 Å². The fourth-order valence-corrected chi connectivity index (χ4v) is 3.04. The number of aryl methyl sites for hydroxylation is 1. The zero-order valence-electron chi connectivity index (χ0n) is 15.9. The van der Waals surface area contributed by atoms with E-state index < -0.39 is 0 Å². The number of hydrogen-bond acceptors (Lipinski definition) is 6. The van der Waals surface area contributed by atoms with Crippen molar-refractivity contribution in [2.45, 2.75) is 26.2 Å². The lowest BCUT2D eigenvalue weighted by Crippen LogP contribution is -2.29. The Kier molecular flexibility index (Phi) is 6.46. The second-order valence-corrected chi connectivity index (χ2v) is 6.53. The smallest absolute Gasteiger partial charge is 0.224 e. The van der Waals surface area contributed by atoms with E-state index in [1.54, 1.807) is 7.11 Å². The minimum atomic E-state index is -0.0413. The first-order valence-electron chi connectivity index (χ1n) is 9.27. The Hall–Kier alpha value is -2.83. The molecule has 1 fully saturated rings. The molecular weight excluding hydrogens is 344 g/mol. The molecule has 0 bridgehead atoms. The Morgan fingerprint density at radius 2 is 1.93 bits per heavy atom. The van der Waals surface area contributed by atoms with E-state index in [4.69, 9.17) is 9.47 Å². The summed E-state index contributed by atoms with van der Waals surface area (Å²) in [5.74, 6) is 2.90. The van der Waals surface area contributed by atoms with Crippen LogP contribution in [-0.4, -0.2) is 49.2 Å². The van der Waals surface area contributed by atoms with Gasteiger partial charge < -0.3 is 19.7 Å². The van der Waals surface area contributed by atoms with Gasteiger partial charge in [0, 0.05) is 19.2 Å². The molecular formula is C20H26N4O3. The van der Waals surface area contributed by atoms with Crippen LogP contribution in [0.5, 0.6) is 11.6 Å². The molecule has 1 aromatic heterocycles. The molecule has 7 heteroatoms. The highest BCUT2D eigenvalue weighted by atomic mass is 16.5. The number of anilines is 1. The molecule has 2 heterocycles. The maximum atomic E-state index is 12.0. The van der Waals surface area contributed by atoms with E-state index in [2.05, 4.69) is 20.2 Å². The molecule has 0 unspecified atom stereocenters. The summed E-state index contributed by atoms with van der Waals surface area (Å²) in [5, 5.41) is 2.87. The van der Waals surface area contributed by atoms with Gasteiger partial charge in [0.05, 0.1) is 20.1 Å². The lowest BCUT2D eigenvalue weighted by Gasteiger charge is -2.17. The Balaban J connectivity index is 1.43. The zero-order chi connectivity index (χ0) is 19.1. The Morgan fingerprint density at radius 1 is 1.19 bits per heavy atom. The third kappa shape index (κ3) is 5.57. The maximum absolute atomic E-state index is 12.0. The van der Waals surface area contributed by atoms with Crippen molar-refractivity contribution in [2.24, 2.45) is 0 Å². The van der Waals surface area contributed by atoms with Gasteiger partial charge in [-0.1, -0.05) is 12.1 Å². The molecule has 1 aromatic carbocycles. The summed E-state index contributed by atoms with van der Waals surface area (Å²) in [5.41, 5.74) is 0.941. The largest absolute Gasteiger partial charge is 0.497 e. The predicted molar refractivity (Wildman–Crippen MR) is 103 cm³/mol. The van der Waals surface area contributed by atoms with Crippen LogP contribution < -0.4 is 19.7 Å². The highest BCUT2D eigenvalue weighted by Crippen LogP contribution is 2.21. The van der Waals surface area contributed by atoms with Crippen LogP contribution in [0.2, 0.25) is 0 Å². The van der Waals surface area contributed by atoms with Crippen molar-refractivity contribution in [1.82, 2.24) is 15.3 Å². The number of amides is 1. The van der Waals surface area contributed by atoms with Gasteiger partial charge in [0.2, 0.25) is 11.8 Å². The number of ether oxygens (including phenoxy) is 2. The molecule has 1 aliphatic heterocycles. The highest BCUT2D eigenvalue weighted by Gasteiger charge is 2.15. The number of nitrogens with one attached hydrogen (secondary N) is 1. The fraction of sp³-hybridized carbons (Fsp3) is 0.450. The molecule has 1 saturated heterocycles. The SMILES string of the molecule is COc1ccc(CC(=O)NCCOc2cc(N3CCCC3)nc(C)n2)cc1. The maximum Gasteiger partial charge on any atom is 0.224 e. The van der Waals surface area contributed by atoms with Gasteiger partial charge in [-0.15, -0.1) is 0 Å². The van der Waals surface area contributed by atoms with Gasteiger partial charge in [0.15, 0.2) is 0 Å². The van der Waals surface area contributed by atoms with E-state index >= 15 is 0 Å². The van der Waals surface area contributed by atoms with E-state index in [1.807, 2.05) is 37.3 Å². The molecule has 0 radical (unpaired) electrons. The molecule has 2 aromatic rings. The molecule has 0 aliphatic carbocycles. The molecule has 144 valence electrons. The second-order valence-electron chi connectivity index (χ2n) is 6.53. The minimum Gasteiger partial charge on any atom is -0.497 e. The first kappa shape index (κ1) is 18.9. The van der Waals surface area contributed by atoms with Gasteiger partial charge >= 0.3 is 0 Å². The number of nitrogens with zero attached hydrogens (tertiary/aromatic N) is 3. The summed E-state index contributed by atoms with van der Waals surface area (Å²) in [4.78, 5) is 23.1. The van der Waals surface area contributed by atoms with E-state index in [9.17, 15) is 4.79 Å². The monoisotopic (exact) mass is 370 g/mol. The summed E-state index contributed by atoms with van der Waals surface area (Å²) < 4.78 is 10.8. The van der Waals surface area contributed by atoms with Gasteiger partial charge in [-0.2, -0.15) is 4.98 Å². The van der Waals surface area contributed by atoms with Crippen LogP contribution in [0.15, 0.2) is 30.3 Å². The minimum absolute atomic E-state index is 0.0413. The van der Waals surface area contributed by atoms with Gasteiger partial charge in [0.1, 0.15) is 24.0 Å². The average molecular weight is 370 g/mol. The molecule has 27 heavy (non-hydrogen) atoms. The van der Waals surface area contributed by atoms with Crippen molar-refractivity contribution in [1.29, 1.82) is 0 Å². The number of rotatable bonds is 8. The summed E-state index contributed by atoms with van der Waals surface area (Å²) in [7, 11) is 1.62. The average Bonchev–Trinajstić information content (AvgIpc) is 3.20. The zero-order valence-corrected chi connectivity index (χ0v) is 15.9. The van der Waals surface area contributed by atoms with Crippen LogP contribution in [0.1, 0.15) is 24.2 Å². The lowest BCUT2D eigenvalue weighted by molar-refractivity contribution is -0.120. The van der Waals surface area contributed by atoms with Crippen molar-refractivity contribution < 1.29 is 14.3 Å². The highest BCUT2D eigenvalue weighted by molar-refractivity contribution is 5.78. The third-order valence-corrected chi connectivity index (χ3v) is 4.43. The number of carbonyl (C=O) groups is 1. The molecule has 0 atom stereocenters. The second kappa shape index (κ2) is 9.21. The Labute approximate surface area is 159 Å². The lowest BCUT2D eigenvalue weighted by atomic mass is 10.1. The summed E-state index contributed by atoms with van der Waals surface area (Å²) in [6.45, 7) is 4.71. The Morgan fingerprint density at radius 3 is 2.63 bits per heavy atom. The standard InChI is InChI=1S/C20H26N4O3/c1-15-22-18(24-10-3-4-11-24)14-20(23-15)27-12-9-21-19(25)13-16-5-7-17(26-2)8-6-16/h5-8,14H,3-4,9-13H2,1-2H3,(H,21,25). The van der Waals surface area contributed by atoms with Gasteiger partial charge in [0.25, 0.3) is 0 Å². The number of benzene rings is 1. The number of methoxy groups -OCH3 is 1. The molecule has 1 aliphatic rings. The van der Waals surface area contributed by atoms with Crippen LogP contribution in [0.25, 0.3) is 0 Å². The number of aromatic nitrogens is 2. The number of hydrogen-bond donors (Lipinski definition) is 1. The first-order valence-corrected chi connectivity index (χ1v) is 9.27. The first-order chi connectivity index (χ1) is 13.1. The van der Waals surface area contributed by atoms with Gasteiger partial charge in [-0.05, 0) is 37.5 Å². The van der Waals surface area contributed by atoms with Crippen molar-refractivity contribution in [3.05, 3.63) is 41.7 Å². The predicted octanol–water partition coefficient (Wildman–Crippen LogP) is 2.13. The van der Waals surface area contributed by atoms with Crippen LogP contribution in [0, 0.1) is 6.92 Å². The van der Waals surface area contributed by atoms with Gasteiger partial charge in [-0.3, -0.25) is 4.79 Å². The third-order valence-electron chi connectivity index (χ3n) is 4.43. The quantitative estimate of drug-likeness (QED) is 0.718.